The van der Waals surface area contributed by atoms with Crippen molar-refractivity contribution >= 4 is 27.7 Å². The maximum Gasteiger partial charge on any atom is 0.336 e. The molecule has 3 rings (SSSR count). The standard InChI is InChI=1S/C23H28BrNO5/c1-13(2)29-10-11-30-23(27)20-14(3)25-17-6-5-7-18(26)22(17)21(20)16-12-15(24)8-9-19(16)28-4/h8-9,12-13,21,25H,5-7,10-11H2,1-4H3/t21-/m1/s1. The number of esters is 1. The predicted octanol–water partition coefficient (Wildman–Crippen LogP) is 4.39. The van der Waals surface area contributed by atoms with Crippen LogP contribution in [0.25, 0.3) is 0 Å². The first-order valence-electron chi connectivity index (χ1n) is 10.2. The number of ketones is 1. The van der Waals surface area contributed by atoms with Gasteiger partial charge in [0, 0.05) is 33.4 Å². The highest BCUT2D eigenvalue weighted by atomic mass is 79.9. The second-order valence-electron chi connectivity index (χ2n) is 7.71. The molecule has 7 heteroatoms. The van der Waals surface area contributed by atoms with Crippen LogP contribution in [0.2, 0.25) is 0 Å². The SMILES string of the molecule is COc1ccc(Br)cc1[C@@H]1C(C(=O)OCCOC(C)C)=C(C)NC2=C1C(=O)CCC2. The fourth-order valence-corrected chi connectivity index (χ4v) is 4.37. The maximum absolute atomic E-state index is 13.1. The number of nitrogens with one attached hydrogen (secondary N) is 1. The number of dihydropyridines is 1. The molecule has 30 heavy (non-hydrogen) atoms. The topological polar surface area (TPSA) is 73.9 Å². The van der Waals surface area contributed by atoms with Gasteiger partial charge in [0.25, 0.3) is 0 Å². The second kappa shape index (κ2) is 9.79. The lowest BCUT2D eigenvalue weighted by molar-refractivity contribution is -0.141. The van der Waals surface area contributed by atoms with E-state index in [1.165, 1.54) is 0 Å². The van der Waals surface area contributed by atoms with Crippen LogP contribution in [0.5, 0.6) is 5.75 Å². The Morgan fingerprint density at radius 2 is 2.03 bits per heavy atom. The summed E-state index contributed by atoms with van der Waals surface area (Å²) in [6, 6.07) is 5.62. The van der Waals surface area contributed by atoms with Gasteiger partial charge in [0.2, 0.25) is 0 Å². The third-order valence-corrected chi connectivity index (χ3v) is 5.76. The Kier molecular flexibility index (Phi) is 7.36. The lowest BCUT2D eigenvalue weighted by atomic mass is 9.75. The van der Waals surface area contributed by atoms with Gasteiger partial charge in [0.1, 0.15) is 12.4 Å². The van der Waals surface area contributed by atoms with Gasteiger partial charge in [-0.2, -0.15) is 0 Å². The number of carbonyl (C=O) groups is 2. The van der Waals surface area contributed by atoms with E-state index in [4.69, 9.17) is 14.2 Å². The van der Waals surface area contributed by atoms with Crippen LogP contribution in [0.15, 0.2) is 45.2 Å². The molecule has 0 aromatic heterocycles. The molecule has 0 amide bonds. The van der Waals surface area contributed by atoms with Crippen LogP contribution in [0.3, 0.4) is 0 Å². The number of ether oxygens (including phenoxy) is 3. The van der Waals surface area contributed by atoms with Crippen LogP contribution in [0.4, 0.5) is 0 Å². The van der Waals surface area contributed by atoms with Crippen LogP contribution < -0.4 is 10.1 Å². The van der Waals surface area contributed by atoms with Gasteiger partial charge in [-0.05, 0) is 51.8 Å². The number of benzene rings is 1. The highest BCUT2D eigenvalue weighted by Crippen LogP contribution is 2.45. The number of methoxy groups -OCH3 is 1. The molecule has 0 radical (unpaired) electrons. The van der Waals surface area contributed by atoms with Crippen molar-refractivity contribution in [2.45, 2.75) is 52.1 Å². The molecular weight excluding hydrogens is 450 g/mol. The van der Waals surface area contributed by atoms with Gasteiger partial charge in [0.05, 0.1) is 31.3 Å². The van der Waals surface area contributed by atoms with Crippen LogP contribution in [0, 0.1) is 0 Å². The van der Waals surface area contributed by atoms with E-state index in [0.29, 0.717) is 35.6 Å². The summed E-state index contributed by atoms with van der Waals surface area (Å²) in [7, 11) is 1.59. The van der Waals surface area contributed by atoms with Crippen molar-refractivity contribution in [2.75, 3.05) is 20.3 Å². The van der Waals surface area contributed by atoms with E-state index in [1.54, 1.807) is 7.11 Å². The molecule has 1 atom stereocenters. The zero-order valence-corrected chi connectivity index (χ0v) is 19.4. The van der Waals surface area contributed by atoms with E-state index >= 15 is 0 Å². The number of rotatable bonds is 7. The van der Waals surface area contributed by atoms with E-state index in [0.717, 1.165) is 28.6 Å². The summed E-state index contributed by atoms with van der Waals surface area (Å²) in [5.41, 5.74) is 3.42. The largest absolute Gasteiger partial charge is 0.496 e. The molecule has 0 unspecified atom stereocenters. The van der Waals surface area contributed by atoms with Gasteiger partial charge in [-0.3, -0.25) is 4.79 Å². The summed E-state index contributed by atoms with van der Waals surface area (Å²) < 4.78 is 17.4. The lowest BCUT2D eigenvalue weighted by Crippen LogP contribution is -2.34. The average Bonchev–Trinajstić information content (AvgIpc) is 2.70. The summed E-state index contributed by atoms with van der Waals surface area (Å²) >= 11 is 3.51. The summed E-state index contributed by atoms with van der Waals surface area (Å²) in [5, 5.41) is 3.29. The Hall–Kier alpha value is -2.12. The molecule has 2 aliphatic rings. The quantitative estimate of drug-likeness (QED) is 0.463. The highest BCUT2D eigenvalue weighted by Gasteiger charge is 2.40. The van der Waals surface area contributed by atoms with Crippen molar-refractivity contribution in [3.63, 3.8) is 0 Å². The molecule has 6 nitrogen and oxygen atoms in total. The number of allylic oxidation sites excluding steroid dienone is 3. The molecule has 1 N–H and O–H groups in total. The van der Waals surface area contributed by atoms with E-state index in [2.05, 4.69) is 21.2 Å². The molecule has 1 heterocycles. The summed E-state index contributed by atoms with van der Waals surface area (Å²) in [4.78, 5) is 26.1. The molecule has 0 spiro atoms. The fraction of sp³-hybridized carbons (Fsp3) is 0.478. The van der Waals surface area contributed by atoms with Gasteiger partial charge in [-0.25, -0.2) is 4.79 Å². The highest BCUT2D eigenvalue weighted by molar-refractivity contribution is 9.10. The molecular formula is C23H28BrNO5. The van der Waals surface area contributed by atoms with Crippen LogP contribution in [0.1, 0.15) is 51.5 Å². The smallest absolute Gasteiger partial charge is 0.336 e. The minimum absolute atomic E-state index is 0.0525. The Morgan fingerprint density at radius 3 is 2.73 bits per heavy atom. The molecule has 1 aliphatic carbocycles. The number of carbonyl (C=O) groups excluding carboxylic acids is 2. The molecule has 0 bridgehead atoms. The lowest BCUT2D eigenvalue weighted by Gasteiger charge is -2.34. The Balaban J connectivity index is 2.03. The molecule has 0 fully saturated rings. The average molecular weight is 478 g/mol. The number of hydrogen-bond donors (Lipinski definition) is 1. The van der Waals surface area contributed by atoms with Gasteiger partial charge in [-0.15, -0.1) is 0 Å². The monoisotopic (exact) mass is 477 g/mol. The zero-order chi connectivity index (χ0) is 21.8. The molecule has 1 aliphatic heterocycles. The molecule has 0 saturated heterocycles. The molecule has 0 saturated carbocycles. The third kappa shape index (κ3) is 4.78. The van der Waals surface area contributed by atoms with Crippen LogP contribution in [-0.2, 0) is 19.1 Å². The van der Waals surface area contributed by atoms with E-state index in [9.17, 15) is 9.59 Å². The van der Waals surface area contributed by atoms with Crippen molar-refractivity contribution in [1.82, 2.24) is 5.32 Å². The van der Waals surface area contributed by atoms with Gasteiger partial charge in [0.15, 0.2) is 5.78 Å². The van der Waals surface area contributed by atoms with Crippen LogP contribution in [-0.4, -0.2) is 38.2 Å². The first-order chi connectivity index (χ1) is 14.3. The summed E-state index contributed by atoms with van der Waals surface area (Å²) in [5.74, 6) is -0.322. The minimum Gasteiger partial charge on any atom is -0.496 e. The number of halogens is 1. The number of Topliss-reactive ketones (excluding diaryl/α,β-unsaturated/α-hetero) is 1. The third-order valence-electron chi connectivity index (χ3n) is 5.27. The van der Waals surface area contributed by atoms with Crippen molar-refractivity contribution in [3.05, 3.63) is 50.8 Å². The number of hydrogen-bond acceptors (Lipinski definition) is 6. The first kappa shape index (κ1) is 22.6. The van der Waals surface area contributed by atoms with Gasteiger partial charge in [-0.1, -0.05) is 15.9 Å². The van der Waals surface area contributed by atoms with Crippen molar-refractivity contribution in [3.8, 4) is 5.75 Å². The van der Waals surface area contributed by atoms with Crippen molar-refractivity contribution in [1.29, 1.82) is 0 Å². The summed E-state index contributed by atoms with van der Waals surface area (Å²) in [6.07, 6.45) is 2.10. The van der Waals surface area contributed by atoms with E-state index < -0.39 is 11.9 Å². The van der Waals surface area contributed by atoms with Crippen molar-refractivity contribution in [2.24, 2.45) is 0 Å². The zero-order valence-electron chi connectivity index (χ0n) is 17.8. The Bertz CT molecular complexity index is 903. The minimum atomic E-state index is -0.542. The van der Waals surface area contributed by atoms with Crippen LogP contribution >= 0.6 is 15.9 Å². The fourth-order valence-electron chi connectivity index (χ4n) is 3.99. The molecule has 1 aromatic carbocycles. The van der Waals surface area contributed by atoms with Crippen molar-refractivity contribution < 1.29 is 23.8 Å². The van der Waals surface area contributed by atoms with E-state index in [-0.39, 0.29) is 18.5 Å². The molecule has 1 aromatic rings. The van der Waals surface area contributed by atoms with E-state index in [1.807, 2.05) is 39.0 Å². The normalized spacial score (nSPS) is 19.0. The maximum atomic E-state index is 13.1. The van der Waals surface area contributed by atoms with Gasteiger partial charge < -0.3 is 19.5 Å². The first-order valence-corrected chi connectivity index (χ1v) is 11.0. The Morgan fingerprint density at radius 1 is 1.27 bits per heavy atom. The van der Waals surface area contributed by atoms with Gasteiger partial charge >= 0.3 is 5.97 Å². The summed E-state index contributed by atoms with van der Waals surface area (Å²) in [6.45, 7) is 6.17. The molecule has 162 valence electrons. The predicted molar refractivity (Wildman–Crippen MR) is 117 cm³/mol. The second-order valence-corrected chi connectivity index (χ2v) is 8.62. The Labute approximate surface area is 185 Å².